The van der Waals surface area contributed by atoms with Gasteiger partial charge in [-0.15, -0.1) is 0 Å². The Kier molecular flexibility index (Phi) is 3.87. The third kappa shape index (κ3) is 2.95. The normalized spacial score (nSPS) is 25.6. The van der Waals surface area contributed by atoms with Gasteiger partial charge in [0.05, 0.1) is 17.7 Å². The highest BCUT2D eigenvalue weighted by molar-refractivity contribution is 5.59. The number of benzene rings is 2. The van der Waals surface area contributed by atoms with Crippen LogP contribution in [-0.2, 0) is 10.9 Å². The second kappa shape index (κ2) is 5.95. The van der Waals surface area contributed by atoms with E-state index in [4.69, 9.17) is 4.74 Å². The van der Waals surface area contributed by atoms with Crippen LogP contribution in [0.3, 0.4) is 0 Å². The molecule has 1 saturated heterocycles. The first-order valence-electron chi connectivity index (χ1n) is 8.32. The van der Waals surface area contributed by atoms with Crippen molar-refractivity contribution in [1.82, 2.24) is 0 Å². The van der Waals surface area contributed by atoms with Gasteiger partial charge in [-0.2, -0.15) is 13.2 Å². The molecule has 0 aromatic heterocycles. The molecule has 3 atom stereocenters. The maximum absolute atomic E-state index is 13.1. The number of hydrogen-bond donors (Lipinski definition) is 2. The van der Waals surface area contributed by atoms with E-state index >= 15 is 0 Å². The van der Waals surface area contributed by atoms with Crippen molar-refractivity contribution in [1.29, 1.82) is 0 Å². The SMILES string of the molecule is Oc1cccc([C@@H]2Nc3ccc(C(F)(F)F)cc3[C@H]3OCCCC32)c1. The summed E-state index contributed by atoms with van der Waals surface area (Å²) in [6.45, 7) is 0.545. The van der Waals surface area contributed by atoms with Crippen molar-refractivity contribution in [3.05, 3.63) is 59.2 Å². The van der Waals surface area contributed by atoms with E-state index in [-0.39, 0.29) is 23.8 Å². The smallest absolute Gasteiger partial charge is 0.416 e. The topological polar surface area (TPSA) is 41.5 Å². The highest BCUT2D eigenvalue weighted by Gasteiger charge is 2.41. The number of alkyl halides is 3. The van der Waals surface area contributed by atoms with Gasteiger partial charge in [0.1, 0.15) is 5.75 Å². The maximum Gasteiger partial charge on any atom is 0.416 e. The Balaban J connectivity index is 1.78. The fraction of sp³-hybridized carbons (Fsp3) is 0.368. The average Bonchev–Trinajstić information content (AvgIpc) is 2.60. The lowest BCUT2D eigenvalue weighted by Gasteiger charge is -2.43. The van der Waals surface area contributed by atoms with Crippen LogP contribution in [-0.4, -0.2) is 11.7 Å². The molecule has 2 aromatic carbocycles. The fourth-order valence-corrected chi connectivity index (χ4v) is 3.90. The number of phenols is 1. The number of aromatic hydroxyl groups is 1. The van der Waals surface area contributed by atoms with Gasteiger partial charge >= 0.3 is 6.18 Å². The molecule has 25 heavy (non-hydrogen) atoms. The van der Waals surface area contributed by atoms with Crippen LogP contribution in [0.25, 0.3) is 0 Å². The molecular formula is C19H18F3NO2. The molecule has 0 amide bonds. The van der Waals surface area contributed by atoms with E-state index in [1.807, 2.05) is 6.07 Å². The van der Waals surface area contributed by atoms with E-state index < -0.39 is 11.7 Å². The molecule has 2 aromatic rings. The largest absolute Gasteiger partial charge is 0.508 e. The van der Waals surface area contributed by atoms with Crippen molar-refractivity contribution in [3.63, 3.8) is 0 Å². The van der Waals surface area contributed by atoms with Gasteiger partial charge in [0.15, 0.2) is 0 Å². The van der Waals surface area contributed by atoms with Gasteiger partial charge < -0.3 is 15.2 Å². The zero-order chi connectivity index (χ0) is 17.6. The first-order chi connectivity index (χ1) is 11.9. The summed E-state index contributed by atoms with van der Waals surface area (Å²) in [5, 5.41) is 13.1. The minimum Gasteiger partial charge on any atom is -0.508 e. The van der Waals surface area contributed by atoms with Crippen LogP contribution >= 0.6 is 0 Å². The van der Waals surface area contributed by atoms with Gasteiger partial charge in [-0.1, -0.05) is 12.1 Å². The first-order valence-corrected chi connectivity index (χ1v) is 8.32. The zero-order valence-electron chi connectivity index (χ0n) is 13.4. The lowest BCUT2D eigenvalue weighted by atomic mass is 9.77. The summed E-state index contributed by atoms with van der Waals surface area (Å²) in [7, 11) is 0. The van der Waals surface area contributed by atoms with E-state index in [9.17, 15) is 18.3 Å². The maximum atomic E-state index is 13.1. The predicted molar refractivity (Wildman–Crippen MR) is 87.3 cm³/mol. The van der Waals surface area contributed by atoms with Crippen LogP contribution in [0.1, 0.15) is 41.7 Å². The highest BCUT2D eigenvalue weighted by Crippen LogP contribution is 2.50. The molecule has 0 spiro atoms. The average molecular weight is 349 g/mol. The lowest BCUT2D eigenvalue weighted by molar-refractivity contribution is -0.137. The molecular weight excluding hydrogens is 331 g/mol. The van der Waals surface area contributed by atoms with Crippen molar-refractivity contribution < 1.29 is 23.0 Å². The second-order valence-electron chi connectivity index (χ2n) is 6.61. The van der Waals surface area contributed by atoms with Gasteiger partial charge in [0.25, 0.3) is 0 Å². The van der Waals surface area contributed by atoms with Crippen LogP contribution in [0.2, 0.25) is 0 Å². The number of phenolic OH excluding ortho intramolecular Hbond substituents is 1. The Labute approximate surface area is 143 Å². The number of ether oxygens (including phenoxy) is 1. The van der Waals surface area contributed by atoms with Crippen molar-refractivity contribution in [2.45, 2.75) is 31.2 Å². The zero-order valence-corrected chi connectivity index (χ0v) is 13.4. The molecule has 6 heteroatoms. The number of nitrogens with one attached hydrogen (secondary N) is 1. The summed E-state index contributed by atoms with van der Waals surface area (Å²) >= 11 is 0. The van der Waals surface area contributed by atoms with Crippen LogP contribution in [0.4, 0.5) is 18.9 Å². The summed E-state index contributed by atoms with van der Waals surface area (Å²) in [6, 6.07) is 10.6. The molecule has 2 N–H and O–H groups in total. The molecule has 1 unspecified atom stereocenters. The minimum absolute atomic E-state index is 0.0199. The number of anilines is 1. The van der Waals surface area contributed by atoms with Crippen LogP contribution < -0.4 is 5.32 Å². The molecule has 2 heterocycles. The molecule has 1 fully saturated rings. The molecule has 0 radical (unpaired) electrons. The summed E-state index contributed by atoms with van der Waals surface area (Å²) in [5.74, 6) is 0.192. The standard InChI is InChI=1S/C19H18F3NO2/c20-19(21,22)12-6-7-16-15(10-12)18-14(5-2-8-25-18)17(23-16)11-3-1-4-13(24)9-11/h1,3-4,6-7,9-10,14,17-18,23-24H,2,5,8H2/t14?,17-,18-/m0/s1. The molecule has 0 aliphatic carbocycles. The van der Waals surface area contributed by atoms with Crippen LogP contribution in [0.5, 0.6) is 5.75 Å². The molecule has 2 aliphatic rings. The molecule has 3 nitrogen and oxygen atoms in total. The lowest BCUT2D eigenvalue weighted by Crippen LogP contribution is -2.36. The summed E-state index contributed by atoms with van der Waals surface area (Å²) < 4.78 is 45.1. The van der Waals surface area contributed by atoms with Gasteiger partial charge in [0.2, 0.25) is 0 Å². The third-order valence-corrected chi connectivity index (χ3v) is 5.02. The monoisotopic (exact) mass is 349 g/mol. The summed E-state index contributed by atoms with van der Waals surface area (Å²) in [5.41, 5.74) is 1.48. The highest BCUT2D eigenvalue weighted by atomic mass is 19.4. The van der Waals surface area contributed by atoms with Gasteiger partial charge in [-0.3, -0.25) is 0 Å². The van der Waals surface area contributed by atoms with Crippen molar-refractivity contribution in [2.75, 3.05) is 11.9 Å². The molecule has 0 bridgehead atoms. The van der Waals surface area contributed by atoms with Crippen LogP contribution in [0, 0.1) is 5.92 Å². The number of fused-ring (bicyclic) bond motifs is 3. The fourth-order valence-electron chi connectivity index (χ4n) is 3.90. The Bertz CT molecular complexity index is 790. The number of halogens is 3. The van der Waals surface area contributed by atoms with E-state index in [0.29, 0.717) is 17.9 Å². The van der Waals surface area contributed by atoms with Gasteiger partial charge in [0, 0.05) is 23.8 Å². The molecule has 4 rings (SSSR count). The van der Waals surface area contributed by atoms with E-state index in [1.165, 1.54) is 12.1 Å². The van der Waals surface area contributed by atoms with Gasteiger partial charge in [-0.05, 0) is 48.7 Å². The minimum atomic E-state index is -4.37. The first kappa shape index (κ1) is 16.3. The van der Waals surface area contributed by atoms with Crippen molar-refractivity contribution in [3.8, 4) is 5.75 Å². The van der Waals surface area contributed by atoms with Gasteiger partial charge in [-0.25, -0.2) is 0 Å². The quantitative estimate of drug-likeness (QED) is 0.757. The Morgan fingerprint density at radius 1 is 1.12 bits per heavy atom. The molecule has 0 saturated carbocycles. The Hall–Kier alpha value is -2.21. The number of rotatable bonds is 1. The van der Waals surface area contributed by atoms with Crippen molar-refractivity contribution in [2.24, 2.45) is 5.92 Å². The van der Waals surface area contributed by atoms with Crippen LogP contribution in [0.15, 0.2) is 42.5 Å². The van der Waals surface area contributed by atoms with Crippen molar-refractivity contribution >= 4 is 5.69 Å². The second-order valence-corrected chi connectivity index (χ2v) is 6.61. The third-order valence-electron chi connectivity index (χ3n) is 5.02. The van der Waals surface area contributed by atoms with E-state index in [1.54, 1.807) is 18.2 Å². The Morgan fingerprint density at radius 2 is 1.96 bits per heavy atom. The Morgan fingerprint density at radius 3 is 2.72 bits per heavy atom. The molecule has 132 valence electrons. The predicted octanol–water partition coefficient (Wildman–Crippen LogP) is 5.05. The number of hydrogen-bond acceptors (Lipinski definition) is 3. The van der Waals surface area contributed by atoms with E-state index in [2.05, 4.69) is 5.32 Å². The molecule has 2 aliphatic heterocycles. The van der Waals surface area contributed by atoms with E-state index in [0.717, 1.165) is 24.5 Å². The summed E-state index contributed by atoms with van der Waals surface area (Å²) in [4.78, 5) is 0. The summed E-state index contributed by atoms with van der Waals surface area (Å²) in [6.07, 6.45) is -3.03.